The Kier molecular flexibility index (Phi) is 4.29. The van der Waals surface area contributed by atoms with Crippen LogP contribution < -0.4 is 0 Å². The van der Waals surface area contributed by atoms with E-state index in [9.17, 15) is 9.90 Å². The van der Waals surface area contributed by atoms with Gasteiger partial charge in [0.05, 0.1) is 12.0 Å². The highest BCUT2D eigenvalue weighted by Gasteiger charge is 2.40. The molecule has 0 aromatic carbocycles. The summed E-state index contributed by atoms with van der Waals surface area (Å²) in [6.45, 7) is 7.02. The molecule has 0 aromatic rings. The highest BCUT2D eigenvalue weighted by Crippen LogP contribution is 2.27. The van der Waals surface area contributed by atoms with Crippen molar-refractivity contribution in [1.82, 2.24) is 9.80 Å². The van der Waals surface area contributed by atoms with Crippen molar-refractivity contribution in [2.24, 2.45) is 11.8 Å². The number of amides is 1. The summed E-state index contributed by atoms with van der Waals surface area (Å²) in [5.74, 6) is 0.687. The van der Waals surface area contributed by atoms with Gasteiger partial charge in [-0.1, -0.05) is 6.92 Å². The number of carbonyl (C=O) groups excluding carboxylic acids is 1. The van der Waals surface area contributed by atoms with E-state index in [2.05, 4.69) is 4.90 Å². The second kappa shape index (κ2) is 6.00. The Morgan fingerprint density at radius 2 is 1.85 bits per heavy atom. The third-order valence-electron chi connectivity index (χ3n) is 5.14. The van der Waals surface area contributed by atoms with Gasteiger partial charge in [0.25, 0.3) is 0 Å². The van der Waals surface area contributed by atoms with Gasteiger partial charge in [0, 0.05) is 45.4 Å². The molecule has 3 aliphatic heterocycles. The molecule has 0 aromatic heterocycles. The molecule has 20 heavy (non-hydrogen) atoms. The van der Waals surface area contributed by atoms with Crippen LogP contribution in [0.15, 0.2) is 0 Å². The summed E-state index contributed by atoms with van der Waals surface area (Å²) in [6.07, 6.45) is 2.70. The van der Waals surface area contributed by atoms with E-state index in [0.717, 1.165) is 52.1 Å². The quantitative estimate of drug-likeness (QED) is 0.793. The van der Waals surface area contributed by atoms with Crippen LogP contribution in [0.25, 0.3) is 0 Å². The molecule has 1 amide bonds. The predicted octanol–water partition coefficient (Wildman–Crippen LogP) is 0.327. The minimum Gasteiger partial charge on any atom is -0.393 e. The number of rotatable bonds is 2. The molecule has 3 heterocycles. The summed E-state index contributed by atoms with van der Waals surface area (Å²) in [7, 11) is 0. The first kappa shape index (κ1) is 14.3. The van der Waals surface area contributed by atoms with Crippen LogP contribution in [-0.4, -0.2) is 72.4 Å². The van der Waals surface area contributed by atoms with E-state index < -0.39 is 0 Å². The van der Waals surface area contributed by atoms with Crippen LogP contribution in [-0.2, 0) is 9.53 Å². The Labute approximate surface area is 120 Å². The van der Waals surface area contributed by atoms with Crippen molar-refractivity contribution in [3.8, 4) is 0 Å². The molecular weight excluding hydrogens is 256 g/mol. The monoisotopic (exact) mass is 282 g/mol. The highest BCUT2D eigenvalue weighted by atomic mass is 16.5. The van der Waals surface area contributed by atoms with Crippen molar-refractivity contribution in [2.75, 3.05) is 39.4 Å². The lowest BCUT2D eigenvalue weighted by molar-refractivity contribution is -0.146. The van der Waals surface area contributed by atoms with Crippen molar-refractivity contribution in [2.45, 2.75) is 38.3 Å². The second-order valence-corrected chi connectivity index (χ2v) is 6.61. The first-order valence-electron chi connectivity index (χ1n) is 7.94. The van der Waals surface area contributed by atoms with Crippen molar-refractivity contribution < 1.29 is 14.6 Å². The SMILES string of the molecule is CC1CN(C(=O)C2CN(C3CCOCC3)C2)CCC1O. The van der Waals surface area contributed by atoms with E-state index in [1.54, 1.807) is 0 Å². The first-order valence-corrected chi connectivity index (χ1v) is 7.94. The number of likely N-dealkylation sites (tertiary alicyclic amines) is 2. The Hall–Kier alpha value is -0.650. The molecule has 0 spiro atoms. The molecule has 3 rings (SSSR count). The van der Waals surface area contributed by atoms with Gasteiger partial charge < -0.3 is 14.7 Å². The average Bonchev–Trinajstić information content (AvgIpc) is 2.41. The minimum absolute atomic E-state index is 0.181. The molecule has 0 bridgehead atoms. The molecule has 0 saturated carbocycles. The minimum atomic E-state index is -0.237. The zero-order valence-corrected chi connectivity index (χ0v) is 12.3. The fraction of sp³-hybridized carbons (Fsp3) is 0.933. The van der Waals surface area contributed by atoms with Crippen LogP contribution in [0.4, 0.5) is 0 Å². The first-order chi connectivity index (χ1) is 9.65. The lowest BCUT2D eigenvalue weighted by Crippen LogP contribution is -2.60. The maximum Gasteiger partial charge on any atom is 0.228 e. The van der Waals surface area contributed by atoms with Crippen LogP contribution >= 0.6 is 0 Å². The molecule has 5 heteroatoms. The van der Waals surface area contributed by atoms with E-state index in [1.165, 1.54) is 0 Å². The molecule has 3 saturated heterocycles. The van der Waals surface area contributed by atoms with Crippen LogP contribution in [0.5, 0.6) is 0 Å². The Morgan fingerprint density at radius 3 is 2.50 bits per heavy atom. The fourth-order valence-corrected chi connectivity index (χ4v) is 3.61. The van der Waals surface area contributed by atoms with Gasteiger partial charge >= 0.3 is 0 Å². The fourth-order valence-electron chi connectivity index (χ4n) is 3.61. The summed E-state index contributed by atoms with van der Waals surface area (Å²) >= 11 is 0. The lowest BCUT2D eigenvalue weighted by atomic mass is 9.91. The summed E-state index contributed by atoms with van der Waals surface area (Å²) in [5, 5.41) is 9.74. The molecule has 0 aliphatic carbocycles. The predicted molar refractivity (Wildman–Crippen MR) is 75.3 cm³/mol. The number of nitrogens with zero attached hydrogens (tertiary/aromatic N) is 2. The van der Waals surface area contributed by atoms with Crippen molar-refractivity contribution >= 4 is 5.91 Å². The van der Waals surface area contributed by atoms with Gasteiger partial charge in [0.15, 0.2) is 0 Å². The number of aliphatic hydroxyl groups excluding tert-OH is 1. The summed E-state index contributed by atoms with van der Waals surface area (Å²) in [4.78, 5) is 16.9. The molecule has 114 valence electrons. The third kappa shape index (κ3) is 2.85. The number of carbonyl (C=O) groups is 1. The molecule has 0 radical (unpaired) electrons. The summed E-state index contributed by atoms with van der Waals surface area (Å²) in [6, 6.07) is 0.620. The van der Waals surface area contributed by atoms with Gasteiger partial charge in [-0.05, 0) is 25.2 Å². The van der Waals surface area contributed by atoms with Crippen molar-refractivity contribution in [3.05, 3.63) is 0 Å². The van der Waals surface area contributed by atoms with Gasteiger partial charge in [-0.3, -0.25) is 9.69 Å². The van der Waals surface area contributed by atoms with Gasteiger partial charge in [-0.15, -0.1) is 0 Å². The zero-order chi connectivity index (χ0) is 14.1. The summed E-state index contributed by atoms with van der Waals surface area (Å²) < 4.78 is 5.38. The lowest BCUT2D eigenvalue weighted by Gasteiger charge is -2.47. The molecular formula is C15H26N2O3. The molecule has 2 atom stereocenters. The maximum absolute atomic E-state index is 12.5. The molecule has 5 nitrogen and oxygen atoms in total. The van der Waals surface area contributed by atoms with E-state index in [4.69, 9.17) is 4.74 Å². The largest absolute Gasteiger partial charge is 0.393 e. The number of ether oxygens (including phenoxy) is 1. The number of aliphatic hydroxyl groups is 1. The second-order valence-electron chi connectivity index (χ2n) is 6.61. The van der Waals surface area contributed by atoms with Gasteiger partial charge in [-0.2, -0.15) is 0 Å². The van der Waals surface area contributed by atoms with Crippen molar-refractivity contribution in [1.29, 1.82) is 0 Å². The smallest absolute Gasteiger partial charge is 0.228 e. The Balaban J connectivity index is 1.46. The van der Waals surface area contributed by atoms with E-state index in [0.29, 0.717) is 18.5 Å². The van der Waals surface area contributed by atoms with Crippen LogP contribution in [0.2, 0.25) is 0 Å². The topological polar surface area (TPSA) is 53.0 Å². The maximum atomic E-state index is 12.5. The van der Waals surface area contributed by atoms with Gasteiger partial charge in [0.2, 0.25) is 5.91 Å². The van der Waals surface area contributed by atoms with E-state index in [-0.39, 0.29) is 17.9 Å². The molecule has 3 aliphatic rings. The normalized spacial score (nSPS) is 34.0. The van der Waals surface area contributed by atoms with Gasteiger partial charge in [0.1, 0.15) is 0 Å². The summed E-state index contributed by atoms with van der Waals surface area (Å²) in [5.41, 5.74) is 0. The van der Waals surface area contributed by atoms with E-state index >= 15 is 0 Å². The Bertz CT molecular complexity index is 351. The molecule has 1 N–H and O–H groups in total. The number of piperidine rings is 1. The van der Waals surface area contributed by atoms with Crippen LogP contribution in [0, 0.1) is 11.8 Å². The van der Waals surface area contributed by atoms with Crippen LogP contribution in [0.3, 0.4) is 0 Å². The third-order valence-corrected chi connectivity index (χ3v) is 5.14. The van der Waals surface area contributed by atoms with Gasteiger partial charge in [-0.25, -0.2) is 0 Å². The number of hydrogen-bond acceptors (Lipinski definition) is 4. The Morgan fingerprint density at radius 1 is 1.15 bits per heavy atom. The molecule has 3 fully saturated rings. The highest BCUT2D eigenvalue weighted by molar-refractivity contribution is 5.80. The zero-order valence-electron chi connectivity index (χ0n) is 12.3. The van der Waals surface area contributed by atoms with Crippen LogP contribution in [0.1, 0.15) is 26.2 Å². The van der Waals surface area contributed by atoms with E-state index in [1.807, 2.05) is 11.8 Å². The average molecular weight is 282 g/mol. The molecule has 2 unspecified atom stereocenters. The number of hydrogen-bond donors (Lipinski definition) is 1. The van der Waals surface area contributed by atoms with Crippen molar-refractivity contribution in [3.63, 3.8) is 0 Å². The standard InChI is InChI=1S/C15H26N2O3/c1-11-8-16(5-2-14(11)18)15(19)12-9-17(10-12)13-3-6-20-7-4-13/h11-14,18H,2-10H2,1H3.